The summed E-state index contributed by atoms with van der Waals surface area (Å²) in [6.07, 6.45) is 2.99. The van der Waals surface area contributed by atoms with Crippen LogP contribution in [0.5, 0.6) is 0 Å². The highest BCUT2D eigenvalue weighted by molar-refractivity contribution is 4.64. The molecule has 0 heterocycles. The summed E-state index contributed by atoms with van der Waals surface area (Å²) in [4.78, 5) is 0. The van der Waals surface area contributed by atoms with Crippen molar-refractivity contribution < 1.29 is 10.2 Å². The molecule has 14 heavy (non-hydrogen) atoms. The van der Waals surface area contributed by atoms with Gasteiger partial charge in [0.1, 0.15) is 0 Å². The van der Waals surface area contributed by atoms with Gasteiger partial charge in [0.2, 0.25) is 0 Å². The quantitative estimate of drug-likeness (QED) is 0.554. The number of hydrogen-bond acceptors (Lipinski definition) is 3. The Morgan fingerprint density at radius 1 is 1.14 bits per heavy atom. The summed E-state index contributed by atoms with van der Waals surface area (Å²) in [5.74, 6) is 0.769. The largest absolute Gasteiger partial charge is 0.394 e. The van der Waals surface area contributed by atoms with Crippen molar-refractivity contribution in [2.75, 3.05) is 13.2 Å². The van der Waals surface area contributed by atoms with Crippen LogP contribution in [0.2, 0.25) is 0 Å². The molecule has 3 N–H and O–H groups in total. The predicted octanol–water partition coefficient (Wildman–Crippen LogP) is 1.14. The van der Waals surface area contributed by atoms with Gasteiger partial charge in [0, 0.05) is 12.6 Å². The van der Waals surface area contributed by atoms with E-state index in [2.05, 4.69) is 26.1 Å². The van der Waals surface area contributed by atoms with Gasteiger partial charge in [0.05, 0.1) is 12.7 Å². The van der Waals surface area contributed by atoms with E-state index < -0.39 is 6.10 Å². The van der Waals surface area contributed by atoms with Gasteiger partial charge in [-0.1, -0.05) is 26.7 Å². The molecular weight excluding hydrogens is 178 g/mol. The van der Waals surface area contributed by atoms with Crippen LogP contribution in [0.1, 0.15) is 40.0 Å². The van der Waals surface area contributed by atoms with E-state index >= 15 is 0 Å². The third-order valence-corrected chi connectivity index (χ3v) is 2.33. The minimum Gasteiger partial charge on any atom is -0.394 e. The Labute approximate surface area is 87.5 Å². The van der Waals surface area contributed by atoms with Gasteiger partial charge in [-0.25, -0.2) is 0 Å². The van der Waals surface area contributed by atoms with E-state index in [1.807, 2.05) is 0 Å². The van der Waals surface area contributed by atoms with Crippen molar-refractivity contribution in [1.29, 1.82) is 0 Å². The molecule has 0 aromatic carbocycles. The highest BCUT2D eigenvalue weighted by atomic mass is 16.3. The molecule has 0 aliphatic rings. The topological polar surface area (TPSA) is 52.5 Å². The fourth-order valence-corrected chi connectivity index (χ4v) is 1.34. The van der Waals surface area contributed by atoms with E-state index in [1.54, 1.807) is 0 Å². The van der Waals surface area contributed by atoms with E-state index in [0.29, 0.717) is 12.6 Å². The lowest BCUT2D eigenvalue weighted by Crippen LogP contribution is -2.35. The average Bonchev–Trinajstić information content (AvgIpc) is 2.13. The highest BCUT2D eigenvalue weighted by Crippen LogP contribution is 2.07. The maximum Gasteiger partial charge on any atom is 0.0895 e. The summed E-state index contributed by atoms with van der Waals surface area (Å²) < 4.78 is 0. The van der Waals surface area contributed by atoms with Crippen LogP contribution in [-0.4, -0.2) is 35.5 Å². The minimum absolute atomic E-state index is 0.161. The van der Waals surface area contributed by atoms with Gasteiger partial charge in [0.25, 0.3) is 0 Å². The first kappa shape index (κ1) is 13.9. The molecule has 2 atom stereocenters. The third kappa shape index (κ3) is 8.48. The number of aliphatic hydroxyl groups excluding tert-OH is 2. The molecule has 0 amide bonds. The lowest BCUT2D eigenvalue weighted by molar-refractivity contribution is 0.0920. The Morgan fingerprint density at radius 2 is 1.79 bits per heavy atom. The zero-order valence-corrected chi connectivity index (χ0v) is 9.66. The van der Waals surface area contributed by atoms with Gasteiger partial charge < -0.3 is 15.5 Å². The first-order valence-corrected chi connectivity index (χ1v) is 5.58. The molecule has 0 bridgehead atoms. The summed E-state index contributed by atoms with van der Waals surface area (Å²) in [5.41, 5.74) is 0. The van der Waals surface area contributed by atoms with E-state index in [1.165, 1.54) is 12.8 Å². The Morgan fingerprint density at radius 3 is 2.29 bits per heavy atom. The number of hydrogen-bond donors (Lipinski definition) is 3. The van der Waals surface area contributed by atoms with Crippen molar-refractivity contribution in [3.05, 3.63) is 0 Å². The molecule has 0 aromatic rings. The van der Waals surface area contributed by atoms with Crippen molar-refractivity contribution in [3.63, 3.8) is 0 Å². The Hall–Kier alpha value is -0.120. The zero-order chi connectivity index (χ0) is 11.0. The molecule has 3 heteroatoms. The predicted molar refractivity (Wildman–Crippen MR) is 59.2 cm³/mol. The second-order valence-corrected chi connectivity index (χ2v) is 4.47. The van der Waals surface area contributed by atoms with Gasteiger partial charge in [-0.15, -0.1) is 0 Å². The monoisotopic (exact) mass is 203 g/mol. The van der Waals surface area contributed by atoms with Crippen molar-refractivity contribution in [3.8, 4) is 0 Å². The van der Waals surface area contributed by atoms with Crippen LogP contribution in [-0.2, 0) is 0 Å². The third-order valence-electron chi connectivity index (χ3n) is 2.33. The molecule has 3 nitrogen and oxygen atoms in total. The van der Waals surface area contributed by atoms with E-state index in [9.17, 15) is 0 Å². The summed E-state index contributed by atoms with van der Waals surface area (Å²) >= 11 is 0. The first-order chi connectivity index (χ1) is 6.56. The van der Waals surface area contributed by atoms with Gasteiger partial charge in [-0.3, -0.25) is 0 Å². The number of nitrogens with one attached hydrogen (secondary N) is 1. The van der Waals surface area contributed by atoms with E-state index in [0.717, 1.165) is 12.3 Å². The molecule has 0 radical (unpaired) electrons. The van der Waals surface area contributed by atoms with Crippen LogP contribution in [0.4, 0.5) is 0 Å². The second-order valence-electron chi connectivity index (χ2n) is 4.47. The summed E-state index contributed by atoms with van der Waals surface area (Å²) in [7, 11) is 0. The normalized spacial score (nSPS) is 15.9. The number of rotatable bonds is 8. The Bertz CT molecular complexity index is 128. The lowest BCUT2D eigenvalue weighted by atomic mass is 10.0. The minimum atomic E-state index is -0.623. The van der Waals surface area contributed by atoms with Crippen molar-refractivity contribution in [2.24, 2.45) is 5.92 Å². The van der Waals surface area contributed by atoms with Gasteiger partial charge in [-0.2, -0.15) is 0 Å². The first-order valence-electron chi connectivity index (χ1n) is 5.58. The van der Waals surface area contributed by atoms with Crippen LogP contribution in [0.25, 0.3) is 0 Å². The molecule has 0 saturated heterocycles. The van der Waals surface area contributed by atoms with Crippen LogP contribution in [0, 0.1) is 5.92 Å². The van der Waals surface area contributed by atoms with Crippen LogP contribution >= 0.6 is 0 Å². The zero-order valence-electron chi connectivity index (χ0n) is 9.66. The van der Waals surface area contributed by atoms with Crippen LogP contribution in [0.15, 0.2) is 0 Å². The van der Waals surface area contributed by atoms with Gasteiger partial charge >= 0.3 is 0 Å². The fraction of sp³-hybridized carbons (Fsp3) is 1.00. The molecule has 0 aliphatic carbocycles. The lowest BCUT2D eigenvalue weighted by Gasteiger charge is -2.16. The summed E-state index contributed by atoms with van der Waals surface area (Å²) in [6.45, 7) is 6.90. The second kappa shape index (κ2) is 8.21. The molecule has 86 valence electrons. The van der Waals surface area contributed by atoms with Gasteiger partial charge in [-0.05, 0) is 19.3 Å². The molecule has 0 spiro atoms. The molecule has 0 aliphatic heterocycles. The molecule has 0 aromatic heterocycles. The summed E-state index contributed by atoms with van der Waals surface area (Å²) in [5, 5.41) is 20.9. The molecule has 1 unspecified atom stereocenters. The van der Waals surface area contributed by atoms with E-state index in [4.69, 9.17) is 10.2 Å². The fourth-order valence-electron chi connectivity index (χ4n) is 1.34. The van der Waals surface area contributed by atoms with Crippen LogP contribution in [0.3, 0.4) is 0 Å². The maximum absolute atomic E-state index is 9.11. The van der Waals surface area contributed by atoms with Crippen LogP contribution < -0.4 is 5.32 Å². The average molecular weight is 203 g/mol. The number of aliphatic hydroxyl groups is 2. The van der Waals surface area contributed by atoms with Crippen molar-refractivity contribution in [1.82, 2.24) is 5.32 Å². The maximum atomic E-state index is 9.11. The SMILES string of the molecule is CC(C)CCCC(C)NC[C@H](O)CO. The standard InChI is InChI=1S/C11H25NO2/c1-9(2)5-4-6-10(3)12-7-11(14)8-13/h9-14H,4-8H2,1-3H3/t10?,11-/m0/s1. The van der Waals surface area contributed by atoms with Crippen molar-refractivity contribution in [2.45, 2.75) is 52.2 Å². The highest BCUT2D eigenvalue weighted by Gasteiger charge is 2.05. The molecule has 0 rings (SSSR count). The Balaban J connectivity index is 3.32. The Kier molecular flexibility index (Phi) is 8.14. The smallest absolute Gasteiger partial charge is 0.0895 e. The van der Waals surface area contributed by atoms with Crippen molar-refractivity contribution >= 4 is 0 Å². The van der Waals surface area contributed by atoms with E-state index in [-0.39, 0.29) is 6.61 Å². The molecule has 0 saturated carbocycles. The molecule has 0 fully saturated rings. The molecular formula is C11H25NO2. The van der Waals surface area contributed by atoms with Gasteiger partial charge in [0.15, 0.2) is 0 Å². The summed E-state index contributed by atoms with van der Waals surface area (Å²) in [6, 6.07) is 0.426.